The normalized spacial score (nSPS) is 21.6. The number of fused-ring (bicyclic) bond motifs is 1. The Balaban J connectivity index is 2.23. The summed E-state index contributed by atoms with van der Waals surface area (Å²) >= 11 is 0. The Morgan fingerprint density at radius 2 is 1.91 bits per heavy atom. The van der Waals surface area contributed by atoms with Gasteiger partial charge in [0.1, 0.15) is 5.75 Å². The van der Waals surface area contributed by atoms with Crippen molar-refractivity contribution in [1.29, 1.82) is 0 Å². The summed E-state index contributed by atoms with van der Waals surface area (Å²) < 4.78 is 38.2. The van der Waals surface area contributed by atoms with E-state index in [4.69, 9.17) is 9.47 Å². The molecule has 0 saturated heterocycles. The molecule has 0 spiro atoms. The summed E-state index contributed by atoms with van der Waals surface area (Å²) in [6, 6.07) is 13.0. The number of hydrogen-bond acceptors (Lipinski definition) is 6. The highest BCUT2D eigenvalue weighted by Crippen LogP contribution is 2.41. The molecular weight excluding hydrogens is 450 g/mol. The molecule has 0 radical (unpaired) electrons. The summed E-state index contributed by atoms with van der Waals surface area (Å²) in [6.45, 7) is 6.16. The third-order valence-corrected chi connectivity index (χ3v) is 8.39. The van der Waals surface area contributed by atoms with E-state index in [-0.39, 0.29) is 23.3 Å². The van der Waals surface area contributed by atoms with Gasteiger partial charge in [0, 0.05) is 17.2 Å². The lowest BCUT2D eigenvalue weighted by Gasteiger charge is -2.36. The van der Waals surface area contributed by atoms with Crippen LogP contribution in [0.3, 0.4) is 0 Å². The summed E-state index contributed by atoms with van der Waals surface area (Å²) in [5, 5.41) is 3.75. The van der Waals surface area contributed by atoms with Crippen molar-refractivity contribution in [3.63, 3.8) is 0 Å². The van der Waals surface area contributed by atoms with Crippen LogP contribution in [0.15, 0.2) is 53.4 Å². The lowest BCUT2D eigenvalue weighted by molar-refractivity contribution is -0.137. The van der Waals surface area contributed by atoms with E-state index in [9.17, 15) is 13.2 Å². The fourth-order valence-electron chi connectivity index (χ4n) is 4.56. The van der Waals surface area contributed by atoms with E-state index in [2.05, 4.69) is 12.2 Å². The second-order valence-corrected chi connectivity index (χ2v) is 10.7. The van der Waals surface area contributed by atoms with E-state index in [0.717, 1.165) is 24.8 Å². The monoisotopic (exact) mass is 485 g/mol. The van der Waals surface area contributed by atoms with Crippen LogP contribution < -0.4 is 10.1 Å². The number of methoxy groups -OCH3 is 1. The quantitative estimate of drug-likeness (QED) is 0.394. The molecule has 0 aliphatic carbocycles. The van der Waals surface area contributed by atoms with Crippen molar-refractivity contribution in [3.8, 4) is 5.75 Å². The van der Waals surface area contributed by atoms with Crippen LogP contribution in [0.1, 0.15) is 69.2 Å². The van der Waals surface area contributed by atoms with Crippen LogP contribution in [0.5, 0.6) is 5.75 Å². The van der Waals surface area contributed by atoms with Gasteiger partial charge in [0.15, 0.2) is 9.84 Å². The predicted molar refractivity (Wildman–Crippen MR) is 135 cm³/mol. The summed E-state index contributed by atoms with van der Waals surface area (Å²) in [5.41, 5.74) is 1.61. The molecule has 1 aliphatic rings. The van der Waals surface area contributed by atoms with Crippen LogP contribution in [0.25, 0.3) is 6.08 Å². The molecule has 6 nitrogen and oxygen atoms in total. The maximum Gasteiger partial charge on any atom is 0.330 e. The zero-order valence-electron chi connectivity index (χ0n) is 20.5. The Bertz CT molecular complexity index is 1130. The third kappa shape index (κ3) is 5.70. The summed E-state index contributed by atoms with van der Waals surface area (Å²) in [7, 11) is -2.10. The van der Waals surface area contributed by atoms with Crippen LogP contribution in [0.2, 0.25) is 0 Å². The lowest BCUT2D eigenvalue weighted by Crippen LogP contribution is -2.50. The number of carbonyl (C=O) groups is 1. The molecule has 1 heterocycles. The Labute approximate surface area is 203 Å². The first kappa shape index (κ1) is 26.0. The zero-order chi connectivity index (χ0) is 24.8. The van der Waals surface area contributed by atoms with E-state index in [0.29, 0.717) is 23.3 Å². The van der Waals surface area contributed by atoms with Crippen LogP contribution >= 0.6 is 0 Å². The molecule has 1 N–H and O–H groups in total. The maximum atomic E-state index is 13.8. The van der Waals surface area contributed by atoms with Crippen LogP contribution in [0.4, 0.5) is 0 Å². The molecule has 0 amide bonds. The molecule has 0 saturated carbocycles. The van der Waals surface area contributed by atoms with Gasteiger partial charge in [0.25, 0.3) is 0 Å². The fraction of sp³-hybridized carbons (Fsp3) is 0.444. The van der Waals surface area contributed by atoms with Gasteiger partial charge in [0.2, 0.25) is 0 Å². The minimum atomic E-state index is -3.63. The summed E-state index contributed by atoms with van der Waals surface area (Å²) in [6.07, 6.45) is 6.22. The van der Waals surface area contributed by atoms with E-state index < -0.39 is 21.3 Å². The molecule has 1 aliphatic heterocycles. The Hall–Kier alpha value is -2.64. The van der Waals surface area contributed by atoms with Crippen molar-refractivity contribution in [2.24, 2.45) is 0 Å². The van der Waals surface area contributed by atoms with Gasteiger partial charge < -0.3 is 9.47 Å². The number of carbonyl (C=O) groups excluding carboxylic acids is 1. The first-order chi connectivity index (χ1) is 16.3. The van der Waals surface area contributed by atoms with E-state index in [1.165, 1.54) is 13.2 Å². The van der Waals surface area contributed by atoms with Gasteiger partial charge >= 0.3 is 5.97 Å². The molecule has 3 rings (SSSR count). The van der Waals surface area contributed by atoms with Crippen molar-refractivity contribution in [3.05, 3.63) is 65.2 Å². The number of nitrogens with one attached hydrogen (secondary N) is 1. The number of benzene rings is 2. The average molecular weight is 486 g/mol. The van der Waals surface area contributed by atoms with E-state index in [1.54, 1.807) is 25.1 Å². The van der Waals surface area contributed by atoms with Crippen molar-refractivity contribution in [1.82, 2.24) is 5.32 Å². The fourth-order valence-corrected chi connectivity index (χ4v) is 6.71. The Morgan fingerprint density at radius 1 is 1.18 bits per heavy atom. The number of hydrogen-bond donors (Lipinski definition) is 1. The van der Waals surface area contributed by atoms with Gasteiger partial charge in [-0.25, -0.2) is 13.2 Å². The Kier molecular flexibility index (Phi) is 8.55. The summed E-state index contributed by atoms with van der Waals surface area (Å²) in [4.78, 5) is 12.1. The molecule has 2 atom stereocenters. The molecule has 0 aromatic heterocycles. The molecule has 7 heteroatoms. The van der Waals surface area contributed by atoms with Crippen LogP contribution in [0, 0.1) is 0 Å². The predicted octanol–water partition coefficient (Wildman–Crippen LogP) is 5.08. The second kappa shape index (κ2) is 11.2. The van der Waals surface area contributed by atoms with Gasteiger partial charge in [-0.15, -0.1) is 0 Å². The highest BCUT2D eigenvalue weighted by Gasteiger charge is 2.42. The molecule has 0 fully saturated rings. The van der Waals surface area contributed by atoms with Crippen molar-refractivity contribution in [2.75, 3.05) is 19.5 Å². The van der Waals surface area contributed by atoms with Crippen molar-refractivity contribution >= 4 is 21.9 Å². The lowest BCUT2D eigenvalue weighted by atomic mass is 9.88. The number of sulfone groups is 1. The number of ether oxygens (including phenoxy) is 2. The van der Waals surface area contributed by atoms with Crippen LogP contribution in [-0.2, 0) is 19.4 Å². The molecule has 0 bridgehead atoms. The summed E-state index contributed by atoms with van der Waals surface area (Å²) in [5.74, 6) is 0.0192. The van der Waals surface area contributed by atoms with E-state index in [1.807, 2.05) is 37.3 Å². The molecule has 2 aromatic carbocycles. The minimum absolute atomic E-state index is 0.0141. The molecule has 2 aromatic rings. The van der Waals surface area contributed by atoms with Gasteiger partial charge in [-0.05, 0) is 49.1 Å². The average Bonchev–Trinajstić information content (AvgIpc) is 2.93. The largest absolute Gasteiger partial charge is 0.496 e. The van der Waals surface area contributed by atoms with Crippen molar-refractivity contribution in [2.45, 2.75) is 62.9 Å². The third-order valence-electron chi connectivity index (χ3n) is 6.43. The highest BCUT2D eigenvalue weighted by molar-refractivity contribution is 7.91. The van der Waals surface area contributed by atoms with Gasteiger partial charge in [-0.2, -0.15) is 0 Å². The zero-order valence-corrected chi connectivity index (χ0v) is 21.3. The first-order valence-electron chi connectivity index (χ1n) is 11.9. The van der Waals surface area contributed by atoms with Crippen molar-refractivity contribution < 1.29 is 22.7 Å². The number of rotatable bonds is 9. The Morgan fingerprint density at radius 3 is 2.53 bits per heavy atom. The molecular formula is C27H35NO5S. The second-order valence-electron chi connectivity index (χ2n) is 8.70. The van der Waals surface area contributed by atoms with Crippen LogP contribution in [-0.4, -0.2) is 39.4 Å². The topological polar surface area (TPSA) is 81.7 Å². The minimum Gasteiger partial charge on any atom is -0.496 e. The standard InChI is InChI=1S/C27H35NO5S/c1-5-8-16-27(6-2)19-34(30,31)24-17-21(14-15-25(29)33-7-3)23(32-4)18-22(24)26(28-27)20-12-10-9-11-13-20/h9-15,17-18,26,28H,5-8,16,19H2,1-4H3/t26-,27-/m1/s1. The van der Waals surface area contributed by atoms with Gasteiger partial charge in [-0.1, -0.05) is 57.0 Å². The SMILES string of the molecule is CCCC[C@]1(CC)CS(=O)(=O)c2cc(C=CC(=O)OCC)c(OC)cc2[C@@H](c2ccccc2)N1. The molecule has 184 valence electrons. The smallest absolute Gasteiger partial charge is 0.330 e. The highest BCUT2D eigenvalue weighted by atomic mass is 32.2. The molecule has 34 heavy (non-hydrogen) atoms. The van der Waals surface area contributed by atoms with Gasteiger partial charge in [0.05, 0.1) is 30.4 Å². The maximum absolute atomic E-state index is 13.8. The number of esters is 1. The number of unbranched alkanes of at least 4 members (excludes halogenated alkanes) is 1. The van der Waals surface area contributed by atoms with E-state index >= 15 is 0 Å². The first-order valence-corrected chi connectivity index (χ1v) is 13.6. The van der Waals surface area contributed by atoms with Gasteiger partial charge in [-0.3, -0.25) is 5.32 Å². The molecule has 0 unspecified atom stereocenters.